The highest BCUT2D eigenvalue weighted by Gasteiger charge is 2.20. The molecule has 1 heterocycles. The molecule has 4 heteroatoms. The minimum absolute atomic E-state index is 0.0129. The summed E-state index contributed by atoms with van der Waals surface area (Å²) in [6.07, 6.45) is 4.91. The van der Waals surface area contributed by atoms with Gasteiger partial charge in [-0.1, -0.05) is 20.3 Å². The summed E-state index contributed by atoms with van der Waals surface area (Å²) in [6.45, 7) is 4.89. The maximum atomic E-state index is 11.5. The van der Waals surface area contributed by atoms with Crippen LogP contribution in [0, 0.1) is 0 Å². The number of rotatable bonds is 5. The van der Waals surface area contributed by atoms with Crippen LogP contribution in [0.4, 0.5) is 4.79 Å². The van der Waals surface area contributed by atoms with Crippen LogP contribution >= 0.6 is 0 Å². The highest BCUT2D eigenvalue weighted by molar-refractivity contribution is 5.60. The third-order valence-corrected chi connectivity index (χ3v) is 2.75. The molecule has 93 valence electrons. The molecule has 0 spiro atoms. The minimum Gasteiger partial charge on any atom is -0.431 e. The molecule has 1 saturated heterocycles. The van der Waals surface area contributed by atoms with Crippen LogP contribution in [0.25, 0.3) is 0 Å². The van der Waals surface area contributed by atoms with Gasteiger partial charge in [0.1, 0.15) is 6.10 Å². The van der Waals surface area contributed by atoms with Crippen molar-refractivity contribution in [2.75, 3.05) is 6.54 Å². The van der Waals surface area contributed by atoms with Gasteiger partial charge in [-0.05, 0) is 32.1 Å². The van der Waals surface area contributed by atoms with E-state index in [1.165, 1.54) is 0 Å². The third-order valence-electron chi connectivity index (χ3n) is 2.75. The molecule has 0 saturated carbocycles. The minimum atomic E-state index is -0.559. The molecular formula is C12H22NO3. The number of carbonyl (C=O) groups excluding carboxylic acids is 1. The van der Waals surface area contributed by atoms with Crippen LogP contribution in [0.1, 0.15) is 52.4 Å². The standard InChI is InChI=1S/C12H22NO3/c1-3-7-10(4-2)15-12(14)16-11-8-5-6-9-13-11/h10-11H,3-9H2,1-2H3. The molecule has 16 heavy (non-hydrogen) atoms. The second kappa shape index (κ2) is 7.49. The second-order valence-electron chi connectivity index (χ2n) is 4.16. The van der Waals surface area contributed by atoms with Crippen LogP contribution in [-0.4, -0.2) is 25.0 Å². The maximum absolute atomic E-state index is 11.5. The highest BCUT2D eigenvalue weighted by Crippen LogP contribution is 2.13. The van der Waals surface area contributed by atoms with E-state index < -0.39 is 6.16 Å². The van der Waals surface area contributed by atoms with E-state index in [1.807, 2.05) is 6.92 Å². The molecule has 0 aromatic rings. The van der Waals surface area contributed by atoms with Crippen LogP contribution in [0.5, 0.6) is 0 Å². The van der Waals surface area contributed by atoms with Gasteiger partial charge in [-0.15, -0.1) is 0 Å². The topological polar surface area (TPSA) is 49.6 Å². The molecule has 0 aromatic carbocycles. The Balaban J connectivity index is 2.22. The molecule has 1 aliphatic heterocycles. The lowest BCUT2D eigenvalue weighted by atomic mass is 10.1. The van der Waals surface area contributed by atoms with E-state index >= 15 is 0 Å². The van der Waals surface area contributed by atoms with Gasteiger partial charge in [0.25, 0.3) is 0 Å². The smallest absolute Gasteiger partial charge is 0.431 e. The summed E-state index contributed by atoms with van der Waals surface area (Å²) in [5.74, 6) is 0. The van der Waals surface area contributed by atoms with E-state index in [-0.39, 0.29) is 12.3 Å². The molecule has 0 amide bonds. The molecule has 0 bridgehead atoms. The molecule has 1 fully saturated rings. The summed E-state index contributed by atoms with van der Waals surface area (Å²) in [4.78, 5) is 11.5. The summed E-state index contributed by atoms with van der Waals surface area (Å²) in [7, 11) is 0. The fourth-order valence-electron chi connectivity index (χ4n) is 1.80. The molecule has 1 aliphatic rings. The number of hydrogen-bond donors (Lipinski definition) is 0. The summed E-state index contributed by atoms with van der Waals surface area (Å²) < 4.78 is 10.4. The first-order valence-corrected chi connectivity index (χ1v) is 6.30. The van der Waals surface area contributed by atoms with Gasteiger partial charge in [-0.25, -0.2) is 10.1 Å². The quantitative estimate of drug-likeness (QED) is 0.680. The predicted molar refractivity (Wildman–Crippen MR) is 61.2 cm³/mol. The lowest BCUT2D eigenvalue weighted by Crippen LogP contribution is -2.33. The van der Waals surface area contributed by atoms with Gasteiger partial charge in [-0.2, -0.15) is 0 Å². The predicted octanol–water partition coefficient (Wildman–Crippen LogP) is 2.83. The first-order chi connectivity index (χ1) is 7.76. The molecular weight excluding hydrogens is 206 g/mol. The Hall–Kier alpha value is -0.770. The molecule has 2 unspecified atom stereocenters. The van der Waals surface area contributed by atoms with Crippen molar-refractivity contribution in [1.29, 1.82) is 0 Å². The molecule has 1 radical (unpaired) electrons. The maximum Gasteiger partial charge on any atom is 0.510 e. The van der Waals surface area contributed by atoms with Gasteiger partial charge in [-0.3, -0.25) is 0 Å². The van der Waals surface area contributed by atoms with Crippen molar-refractivity contribution in [3.63, 3.8) is 0 Å². The summed E-state index contributed by atoms with van der Waals surface area (Å²) in [5, 5.41) is 4.23. The van der Waals surface area contributed by atoms with Crippen molar-refractivity contribution >= 4 is 6.16 Å². The summed E-state index contributed by atoms with van der Waals surface area (Å²) >= 11 is 0. The van der Waals surface area contributed by atoms with Gasteiger partial charge in [0, 0.05) is 6.54 Å². The van der Waals surface area contributed by atoms with E-state index in [2.05, 4.69) is 12.2 Å². The Kier molecular flexibility index (Phi) is 6.23. The first-order valence-electron chi connectivity index (χ1n) is 6.30. The van der Waals surface area contributed by atoms with E-state index in [0.29, 0.717) is 0 Å². The van der Waals surface area contributed by atoms with Crippen molar-refractivity contribution in [3.8, 4) is 0 Å². The summed E-state index contributed by atoms with van der Waals surface area (Å²) in [5.41, 5.74) is 0. The zero-order valence-electron chi connectivity index (χ0n) is 10.3. The zero-order valence-corrected chi connectivity index (χ0v) is 10.3. The zero-order chi connectivity index (χ0) is 11.8. The fourth-order valence-corrected chi connectivity index (χ4v) is 1.80. The lowest BCUT2D eigenvalue weighted by Gasteiger charge is -2.22. The number of carbonyl (C=O) groups is 1. The molecule has 4 nitrogen and oxygen atoms in total. The van der Waals surface area contributed by atoms with Gasteiger partial charge in [0.2, 0.25) is 0 Å². The van der Waals surface area contributed by atoms with E-state index in [1.54, 1.807) is 0 Å². The number of piperidine rings is 1. The monoisotopic (exact) mass is 228 g/mol. The Morgan fingerprint density at radius 3 is 2.81 bits per heavy atom. The molecule has 2 atom stereocenters. The van der Waals surface area contributed by atoms with Crippen molar-refractivity contribution in [2.45, 2.75) is 64.7 Å². The molecule has 0 aliphatic carbocycles. The van der Waals surface area contributed by atoms with Crippen LogP contribution in [0.2, 0.25) is 0 Å². The van der Waals surface area contributed by atoms with E-state index in [0.717, 1.165) is 45.1 Å². The molecule has 0 aromatic heterocycles. The van der Waals surface area contributed by atoms with Gasteiger partial charge < -0.3 is 9.47 Å². The SMILES string of the molecule is CCCC(CC)OC(=O)OC1CCCC[N]1. The van der Waals surface area contributed by atoms with Crippen molar-refractivity contribution in [1.82, 2.24) is 5.32 Å². The average Bonchev–Trinajstić information content (AvgIpc) is 2.29. The van der Waals surface area contributed by atoms with Crippen LogP contribution < -0.4 is 5.32 Å². The number of hydrogen-bond acceptors (Lipinski definition) is 3. The van der Waals surface area contributed by atoms with Crippen molar-refractivity contribution in [3.05, 3.63) is 0 Å². The first kappa shape index (κ1) is 13.3. The van der Waals surface area contributed by atoms with Crippen LogP contribution in [0.3, 0.4) is 0 Å². The summed E-state index contributed by atoms with van der Waals surface area (Å²) in [6, 6.07) is 0. The van der Waals surface area contributed by atoms with Gasteiger partial charge >= 0.3 is 6.16 Å². The van der Waals surface area contributed by atoms with Crippen molar-refractivity contribution in [2.24, 2.45) is 0 Å². The van der Waals surface area contributed by atoms with Crippen LogP contribution in [-0.2, 0) is 9.47 Å². The van der Waals surface area contributed by atoms with Crippen LogP contribution in [0.15, 0.2) is 0 Å². The average molecular weight is 228 g/mol. The molecule has 0 N–H and O–H groups in total. The molecule has 1 rings (SSSR count). The lowest BCUT2D eigenvalue weighted by molar-refractivity contribution is -0.0219. The van der Waals surface area contributed by atoms with E-state index in [9.17, 15) is 4.79 Å². The normalized spacial score (nSPS) is 22.5. The number of nitrogens with zero attached hydrogens (tertiary/aromatic N) is 1. The largest absolute Gasteiger partial charge is 0.510 e. The Labute approximate surface area is 97.7 Å². The Bertz CT molecular complexity index is 194. The van der Waals surface area contributed by atoms with E-state index in [4.69, 9.17) is 9.47 Å². The number of ether oxygens (including phenoxy) is 2. The third kappa shape index (κ3) is 4.84. The van der Waals surface area contributed by atoms with Gasteiger partial charge in [0.15, 0.2) is 6.23 Å². The Morgan fingerprint density at radius 2 is 2.25 bits per heavy atom. The second-order valence-corrected chi connectivity index (χ2v) is 4.16. The fraction of sp³-hybridized carbons (Fsp3) is 0.917. The van der Waals surface area contributed by atoms with Crippen molar-refractivity contribution < 1.29 is 14.3 Å². The van der Waals surface area contributed by atoms with Gasteiger partial charge in [0.05, 0.1) is 0 Å². The Morgan fingerprint density at radius 1 is 1.44 bits per heavy atom. The highest BCUT2D eigenvalue weighted by atomic mass is 16.7.